The van der Waals surface area contributed by atoms with Crippen molar-refractivity contribution in [3.05, 3.63) is 47.0 Å². The summed E-state index contributed by atoms with van der Waals surface area (Å²) >= 11 is 1.57. The molecule has 1 heterocycles. The van der Waals surface area contributed by atoms with Crippen LogP contribution in [-0.4, -0.2) is 10.9 Å². The van der Waals surface area contributed by atoms with Gasteiger partial charge in [-0.3, -0.25) is 4.79 Å². The zero-order valence-corrected chi connectivity index (χ0v) is 12.9. The van der Waals surface area contributed by atoms with E-state index in [1.807, 2.05) is 24.4 Å². The van der Waals surface area contributed by atoms with Crippen molar-refractivity contribution in [1.29, 1.82) is 0 Å². The van der Waals surface area contributed by atoms with Gasteiger partial charge in [0.2, 0.25) is 5.91 Å². The van der Waals surface area contributed by atoms with E-state index in [0.29, 0.717) is 12.3 Å². The van der Waals surface area contributed by atoms with Gasteiger partial charge in [0.05, 0.1) is 0 Å². The highest BCUT2D eigenvalue weighted by atomic mass is 32.1. The molecule has 1 aromatic heterocycles. The molecule has 1 amide bonds. The second kappa shape index (κ2) is 6.85. The molecule has 1 aliphatic carbocycles. The number of carbonyl (C=O) groups excluding carboxylic acids is 1. The van der Waals surface area contributed by atoms with Crippen LogP contribution >= 0.6 is 11.3 Å². The van der Waals surface area contributed by atoms with Gasteiger partial charge in [0.1, 0.15) is 0 Å². The third kappa shape index (κ3) is 4.14. The van der Waals surface area contributed by atoms with Gasteiger partial charge in [-0.05, 0) is 24.3 Å². The molecule has 1 aromatic carbocycles. The number of nitrogens with one attached hydrogen (secondary N) is 1. The Bertz CT molecular complexity index is 588. The van der Waals surface area contributed by atoms with Crippen molar-refractivity contribution < 1.29 is 4.79 Å². The van der Waals surface area contributed by atoms with Gasteiger partial charge < -0.3 is 5.32 Å². The zero-order valence-electron chi connectivity index (χ0n) is 12.0. The van der Waals surface area contributed by atoms with Crippen LogP contribution in [0.5, 0.6) is 0 Å². The van der Waals surface area contributed by atoms with E-state index in [1.165, 1.54) is 36.1 Å². The fraction of sp³-hybridized carbons (Fsp3) is 0.412. The molecule has 110 valence electrons. The molecule has 4 heteroatoms. The molecule has 2 aromatic rings. The van der Waals surface area contributed by atoms with E-state index in [9.17, 15) is 4.79 Å². The Morgan fingerprint density at radius 1 is 1.24 bits per heavy atom. The highest BCUT2D eigenvalue weighted by Crippen LogP contribution is 2.28. The van der Waals surface area contributed by atoms with Crippen LogP contribution in [0.2, 0.25) is 0 Å². The maximum absolute atomic E-state index is 12.0. The second-order valence-corrected chi connectivity index (χ2v) is 6.81. The van der Waals surface area contributed by atoms with Crippen molar-refractivity contribution >= 4 is 22.4 Å². The van der Waals surface area contributed by atoms with Crippen LogP contribution in [0.15, 0.2) is 36.5 Å². The van der Waals surface area contributed by atoms with E-state index in [-0.39, 0.29) is 5.91 Å². The number of benzene rings is 1. The lowest BCUT2D eigenvalue weighted by atomic mass is 10.0. The topological polar surface area (TPSA) is 42.0 Å². The average molecular weight is 300 g/mol. The zero-order chi connectivity index (χ0) is 14.5. The lowest BCUT2D eigenvalue weighted by molar-refractivity contribution is -0.117. The summed E-state index contributed by atoms with van der Waals surface area (Å²) in [6, 6.07) is 10.3. The number of aromatic nitrogens is 1. The van der Waals surface area contributed by atoms with E-state index in [4.69, 9.17) is 0 Å². The lowest BCUT2D eigenvalue weighted by Crippen LogP contribution is -2.14. The molecule has 3 nitrogen and oxygen atoms in total. The molecular formula is C17H20N2OS. The fourth-order valence-corrected chi connectivity index (χ4v) is 3.75. The molecule has 1 saturated carbocycles. The first-order chi connectivity index (χ1) is 10.3. The van der Waals surface area contributed by atoms with E-state index >= 15 is 0 Å². The molecule has 21 heavy (non-hydrogen) atoms. The summed E-state index contributed by atoms with van der Waals surface area (Å²) < 4.78 is 0. The Morgan fingerprint density at radius 2 is 2.00 bits per heavy atom. The fourth-order valence-electron chi connectivity index (χ4n) is 2.89. The summed E-state index contributed by atoms with van der Waals surface area (Å²) in [7, 11) is 0. The molecular weight excluding hydrogens is 280 g/mol. The molecule has 3 rings (SSSR count). The first-order valence-electron chi connectivity index (χ1n) is 7.58. The van der Waals surface area contributed by atoms with Gasteiger partial charge in [0.15, 0.2) is 5.13 Å². The number of hydrogen-bond donors (Lipinski definition) is 1. The van der Waals surface area contributed by atoms with Gasteiger partial charge in [0, 0.05) is 23.9 Å². The predicted octanol–water partition coefficient (Wildman–Crippen LogP) is 4.25. The molecule has 0 bridgehead atoms. The summed E-state index contributed by atoms with van der Waals surface area (Å²) in [5.74, 6) is 0.691. The number of anilines is 1. The number of nitrogens with zero attached hydrogens (tertiary/aromatic N) is 1. The van der Waals surface area contributed by atoms with Gasteiger partial charge in [0.25, 0.3) is 0 Å². The van der Waals surface area contributed by atoms with Crippen LogP contribution in [0.3, 0.4) is 0 Å². The van der Waals surface area contributed by atoms with Crippen molar-refractivity contribution in [2.75, 3.05) is 5.32 Å². The Balaban J connectivity index is 1.53. The Kier molecular flexibility index (Phi) is 4.65. The number of carbonyl (C=O) groups is 1. The first kappa shape index (κ1) is 14.3. The third-order valence-corrected chi connectivity index (χ3v) is 4.88. The molecule has 1 N–H and O–H groups in total. The molecule has 0 aliphatic heterocycles. The number of amides is 1. The summed E-state index contributed by atoms with van der Waals surface area (Å²) in [4.78, 5) is 17.5. The number of rotatable bonds is 5. The van der Waals surface area contributed by atoms with E-state index in [0.717, 1.165) is 11.6 Å². The number of hydrogen-bond acceptors (Lipinski definition) is 3. The van der Waals surface area contributed by atoms with Gasteiger partial charge in [-0.2, -0.15) is 0 Å². The minimum atomic E-state index is 0.113. The van der Waals surface area contributed by atoms with Crippen molar-refractivity contribution in [3.63, 3.8) is 0 Å². The summed E-state index contributed by atoms with van der Waals surface area (Å²) in [5.41, 5.74) is 1.27. The van der Waals surface area contributed by atoms with Gasteiger partial charge in [-0.25, -0.2) is 4.98 Å². The summed E-state index contributed by atoms with van der Waals surface area (Å²) in [6.07, 6.45) is 8.33. The maximum atomic E-state index is 12.0. The third-order valence-electron chi connectivity index (χ3n) is 3.97. The van der Waals surface area contributed by atoms with Gasteiger partial charge in [-0.1, -0.05) is 43.2 Å². The minimum absolute atomic E-state index is 0.113. The quantitative estimate of drug-likeness (QED) is 0.896. The van der Waals surface area contributed by atoms with Crippen molar-refractivity contribution in [2.24, 2.45) is 5.92 Å². The normalized spacial score (nSPS) is 15.2. The highest BCUT2D eigenvalue weighted by molar-refractivity contribution is 7.15. The Morgan fingerprint density at radius 3 is 2.76 bits per heavy atom. The largest absolute Gasteiger partial charge is 0.302 e. The monoisotopic (exact) mass is 300 g/mol. The molecule has 1 fully saturated rings. The first-order valence-corrected chi connectivity index (χ1v) is 8.40. The SMILES string of the molecule is O=C(CC1CCCC1)Nc1ncc(Cc2ccccc2)s1. The highest BCUT2D eigenvalue weighted by Gasteiger charge is 2.19. The van der Waals surface area contributed by atoms with E-state index < -0.39 is 0 Å². The predicted molar refractivity (Wildman–Crippen MR) is 86.6 cm³/mol. The maximum Gasteiger partial charge on any atom is 0.226 e. The van der Waals surface area contributed by atoms with Crippen LogP contribution in [0.1, 0.15) is 42.5 Å². The van der Waals surface area contributed by atoms with Crippen LogP contribution in [0.4, 0.5) is 5.13 Å². The van der Waals surface area contributed by atoms with Crippen LogP contribution in [0.25, 0.3) is 0 Å². The smallest absolute Gasteiger partial charge is 0.226 e. The minimum Gasteiger partial charge on any atom is -0.302 e. The van der Waals surface area contributed by atoms with Crippen LogP contribution < -0.4 is 5.32 Å². The standard InChI is InChI=1S/C17H20N2OS/c20-16(11-14-8-4-5-9-14)19-17-18-12-15(21-17)10-13-6-2-1-3-7-13/h1-3,6-7,12,14H,4-5,8-11H2,(H,18,19,20). The van der Waals surface area contributed by atoms with Gasteiger partial charge in [-0.15, -0.1) is 11.3 Å². The molecule has 0 atom stereocenters. The molecule has 1 aliphatic rings. The van der Waals surface area contributed by atoms with Crippen molar-refractivity contribution in [2.45, 2.75) is 38.5 Å². The summed E-state index contributed by atoms with van der Waals surface area (Å²) in [5, 5.41) is 3.67. The van der Waals surface area contributed by atoms with Crippen LogP contribution in [0, 0.1) is 5.92 Å². The molecule has 0 saturated heterocycles. The van der Waals surface area contributed by atoms with Crippen molar-refractivity contribution in [3.8, 4) is 0 Å². The lowest BCUT2D eigenvalue weighted by Gasteiger charge is -2.07. The number of thiazole rings is 1. The van der Waals surface area contributed by atoms with E-state index in [2.05, 4.69) is 22.4 Å². The summed E-state index contributed by atoms with van der Waals surface area (Å²) in [6.45, 7) is 0. The second-order valence-electron chi connectivity index (χ2n) is 5.70. The van der Waals surface area contributed by atoms with Crippen LogP contribution in [-0.2, 0) is 11.2 Å². The molecule has 0 radical (unpaired) electrons. The van der Waals surface area contributed by atoms with Gasteiger partial charge >= 0.3 is 0 Å². The molecule has 0 spiro atoms. The van der Waals surface area contributed by atoms with E-state index in [1.54, 1.807) is 11.3 Å². The average Bonchev–Trinajstić information content (AvgIpc) is 3.12. The van der Waals surface area contributed by atoms with Crippen molar-refractivity contribution in [1.82, 2.24) is 4.98 Å². The molecule has 0 unspecified atom stereocenters. The Hall–Kier alpha value is -1.68. The Labute approximate surface area is 129 Å².